The molecule has 0 aromatic heterocycles. The summed E-state index contributed by atoms with van der Waals surface area (Å²) in [6.45, 7) is 6.49. The molecule has 4 atom stereocenters. The van der Waals surface area contributed by atoms with Gasteiger partial charge in [0.05, 0.1) is 24.2 Å². The van der Waals surface area contributed by atoms with Crippen molar-refractivity contribution in [2.24, 2.45) is 11.8 Å². The Bertz CT molecular complexity index is 298. The van der Waals surface area contributed by atoms with E-state index in [0.717, 1.165) is 37.8 Å². The van der Waals surface area contributed by atoms with E-state index in [4.69, 9.17) is 10.5 Å². The van der Waals surface area contributed by atoms with Gasteiger partial charge in [0.2, 0.25) is 0 Å². The highest BCUT2D eigenvalue weighted by Crippen LogP contribution is 2.16. The summed E-state index contributed by atoms with van der Waals surface area (Å²) in [5, 5.41) is 23.5. The summed E-state index contributed by atoms with van der Waals surface area (Å²) < 4.78 is 0. The average Bonchev–Trinajstić information content (AvgIpc) is 2.64. The van der Waals surface area contributed by atoms with Gasteiger partial charge in [0.15, 0.2) is 0 Å². The zero-order valence-corrected chi connectivity index (χ0v) is 16.4. The van der Waals surface area contributed by atoms with Crippen LogP contribution in [-0.4, -0.2) is 30.1 Å². The first kappa shape index (κ1) is 28.4. The lowest BCUT2D eigenvalue weighted by molar-refractivity contribution is 0.337. The molecule has 2 unspecified atom stereocenters. The van der Waals surface area contributed by atoms with E-state index >= 15 is 0 Å². The number of nitrogens with zero attached hydrogens (tertiary/aromatic N) is 2. The standard InChI is InChI=1S/2C8H14N2.CH3I.2CH4/c2*1-2-7-3-4-8(5-9)10-6-7;1-2;;/h2*7-8,10H,2-4,6H2,1H3;1H3;2*1H4/t2*7?,8-;;;/m00.../s1. The van der Waals surface area contributed by atoms with Crippen molar-refractivity contribution in [1.29, 1.82) is 10.5 Å². The highest BCUT2D eigenvalue weighted by Gasteiger charge is 2.18. The second-order valence-electron chi connectivity index (χ2n) is 5.88. The van der Waals surface area contributed by atoms with E-state index in [1.807, 2.05) is 4.93 Å². The number of hydrogen-bond donors (Lipinski definition) is 2. The highest BCUT2D eigenvalue weighted by molar-refractivity contribution is 14.1. The third kappa shape index (κ3) is 12.1. The lowest BCUT2D eigenvalue weighted by Crippen LogP contribution is -2.37. The third-order valence-corrected chi connectivity index (χ3v) is 4.50. The maximum absolute atomic E-state index is 8.54. The normalized spacial score (nSPS) is 27.9. The fourth-order valence-electron chi connectivity index (χ4n) is 2.75. The molecule has 2 aliphatic heterocycles. The molecule has 0 aromatic carbocycles. The Kier molecular flexibility index (Phi) is 22.5. The van der Waals surface area contributed by atoms with Crippen LogP contribution in [0.4, 0.5) is 0 Å². The largest absolute Gasteiger partial charge is 0.302 e. The predicted molar refractivity (Wildman–Crippen MR) is 114 cm³/mol. The van der Waals surface area contributed by atoms with Crippen molar-refractivity contribution < 1.29 is 0 Å². The second-order valence-corrected chi connectivity index (χ2v) is 5.88. The number of piperidine rings is 2. The molecule has 0 saturated carbocycles. The lowest BCUT2D eigenvalue weighted by atomic mass is 9.93. The zero-order valence-electron chi connectivity index (χ0n) is 14.2. The van der Waals surface area contributed by atoms with Gasteiger partial charge in [0.25, 0.3) is 0 Å². The number of hydrogen-bond acceptors (Lipinski definition) is 4. The van der Waals surface area contributed by atoms with Gasteiger partial charge in [0.1, 0.15) is 0 Å². The van der Waals surface area contributed by atoms with Gasteiger partial charge in [-0.2, -0.15) is 10.5 Å². The molecule has 0 spiro atoms. The van der Waals surface area contributed by atoms with Crippen LogP contribution in [-0.2, 0) is 0 Å². The molecule has 2 saturated heterocycles. The van der Waals surface area contributed by atoms with Gasteiger partial charge in [0, 0.05) is 0 Å². The van der Waals surface area contributed by atoms with E-state index < -0.39 is 0 Å². The van der Waals surface area contributed by atoms with E-state index in [-0.39, 0.29) is 26.9 Å². The number of rotatable bonds is 2. The zero-order chi connectivity index (χ0) is 16.8. The molecule has 2 aliphatic rings. The van der Waals surface area contributed by atoms with Crippen LogP contribution in [0.5, 0.6) is 0 Å². The van der Waals surface area contributed by atoms with Crippen molar-refractivity contribution in [3.05, 3.63) is 0 Å². The molecule has 0 aromatic rings. The van der Waals surface area contributed by atoms with Gasteiger partial charge < -0.3 is 10.6 Å². The Balaban J connectivity index is -0.000000310. The van der Waals surface area contributed by atoms with E-state index in [1.165, 1.54) is 25.7 Å². The van der Waals surface area contributed by atoms with E-state index in [1.54, 1.807) is 0 Å². The van der Waals surface area contributed by atoms with Gasteiger partial charge in [-0.05, 0) is 55.5 Å². The average molecular weight is 450 g/mol. The summed E-state index contributed by atoms with van der Waals surface area (Å²) in [4.78, 5) is 1.97. The highest BCUT2D eigenvalue weighted by atomic mass is 127. The molecule has 2 rings (SSSR count). The van der Waals surface area contributed by atoms with Gasteiger partial charge >= 0.3 is 0 Å². The Morgan fingerprint density at radius 2 is 1.12 bits per heavy atom. The van der Waals surface area contributed by atoms with Gasteiger partial charge in [-0.1, -0.05) is 64.1 Å². The minimum atomic E-state index is 0. The first-order chi connectivity index (χ1) is 10.7. The quantitative estimate of drug-likeness (QED) is 0.464. The summed E-state index contributed by atoms with van der Waals surface area (Å²) >= 11 is 2.15. The van der Waals surface area contributed by atoms with Crippen LogP contribution < -0.4 is 10.6 Å². The maximum atomic E-state index is 8.54. The monoisotopic (exact) mass is 450 g/mol. The van der Waals surface area contributed by atoms with Crippen molar-refractivity contribution in [3.63, 3.8) is 0 Å². The summed E-state index contributed by atoms with van der Waals surface area (Å²) in [6.07, 6.45) is 7.00. The number of nitriles is 2. The topological polar surface area (TPSA) is 71.6 Å². The Labute approximate surface area is 164 Å². The molecule has 0 aliphatic carbocycles. The number of alkyl halides is 1. The Morgan fingerprint density at radius 1 is 0.792 bits per heavy atom. The summed E-state index contributed by atoms with van der Waals surface area (Å²) in [5.41, 5.74) is 0. The molecule has 142 valence electrons. The van der Waals surface area contributed by atoms with E-state index in [0.29, 0.717) is 0 Å². The predicted octanol–water partition coefficient (Wildman–Crippen LogP) is 4.90. The summed E-state index contributed by atoms with van der Waals surface area (Å²) in [5.74, 6) is 1.62. The molecule has 0 amide bonds. The third-order valence-electron chi connectivity index (χ3n) is 4.50. The molecule has 24 heavy (non-hydrogen) atoms. The minimum Gasteiger partial charge on any atom is -0.302 e. The summed E-state index contributed by atoms with van der Waals surface area (Å²) in [6, 6.07) is 4.73. The molecule has 4 nitrogen and oxygen atoms in total. The van der Waals surface area contributed by atoms with Crippen molar-refractivity contribution in [2.45, 2.75) is 79.3 Å². The second kappa shape index (κ2) is 19.0. The maximum Gasteiger partial charge on any atom is 0.0953 e. The van der Waals surface area contributed by atoms with E-state index in [9.17, 15) is 0 Å². The first-order valence-corrected chi connectivity index (χ1v) is 10.5. The van der Waals surface area contributed by atoms with Crippen LogP contribution in [0.1, 0.15) is 67.2 Å². The van der Waals surface area contributed by atoms with Gasteiger partial charge in [-0.3, -0.25) is 0 Å². The Hall–Kier alpha value is -0.370. The molecule has 5 heteroatoms. The fraction of sp³-hybridized carbons (Fsp3) is 0.895. The van der Waals surface area contributed by atoms with Crippen LogP contribution in [0.2, 0.25) is 0 Å². The van der Waals surface area contributed by atoms with Crippen molar-refractivity contribution >= 4 is 22.6 Å². The van der Waals surface area contributed by atoms with Gasteiger partial charge in [-0.15, -0.1) is 0 Å². The molecule has 0 radical (unpaired) electrons. The fourth-order valence-corrected chi connectivity index (χ4v) is 2.75. The minimum absolute atomic E-state index is 0. The van der Waals surface area contributed by atoms with Crippen LogP contribution in [0.15, 0.2) is 0 Å². The number of halogens is 1. The number of nitrogens with one attached hydrogen (secondary N) is 2. The molecular formula is C19H39IN4. The Morgan fingerprint density at radius 3 is 1.29 bits per heavy atom. The SMILES string of the molecule is C.C.CCC1CC[C@@H](C#N)NC1.CCC1CC[C@@H](C#N)NC1.CI. The summed E-state index contributed by atoms with van der Waals surface area (Å²) in [7, 11) is 0. The van der Waals surface area contributed by atoms with Crippen molar-refractivity contribution in [1.82, 2.24) is 10.6 Å². The van der Waals surface area contributed by atoms with Crippen LogP contribution in [0, 0.1) is 34.5 Å². The lowest BCUT2D eigenvalue weighted by Gasteiger charge is -2.24. The van der Waals surface area contributed by atoms with Gasteiger partial charge in [-0.25, -0.2) is 0 Å². The van der Waals surface area contributed by atoms with Crippen LogP contribution in [0.3, 0.4) is 0 Å². The molecule has 2 N–H and O–H groups in total. The molecule has 2 fully saturated rings. The molecule has 2 heterocycles. The van der Waals surface area contributed by atoms with Crippen molar-refractivity contribution in [2.75, 3.05) is 18.0 Å². The first-order valence-electron chi connectivity index (χ1n) is 8.37. The van der Waals surface area contributed by atoms with Crippen molar-refractivity contribution in [3.8, 4) is 12.1 Å². The smallest absolute Gasteiger partial charge is 0.0953 e. The molecular weight excluding hydrogens is 411 g/mol. The van der Waals surface area contributed by atoms with E-state index in [2.05, 4.69) is 59.2 Å². The van der Waals surface area contributed by atoms with Crippen LogP contribution >= 0.6 is 22.6 Å². The molecule has 0 bridgehead atoms. The van der Waals surface area contributed by atoms with Crippen LogP contribution in [0.25, 0.3) is 0 Å².